The number of carbonyl (C=O) groups excluding carboxylic acids is 6. The highest BCUT2D eigenvalue weighted by Crippen LogP contribution is 2.21. The van der Waals surface area contributed by atoms with Crippen LogP contribution < -0.4 is 71.2 Å². The molecular weight excluding hydrogens is 931 g/mol. The highest BCUT2D eigenvalue weighted by molar-refractivity contribution is 5.96. The van der Waals surface area contributed by atoms with E-state index in [0.29, 0.717) is 89.9 Å². The van der Waals surface area contributed by atoms with Gasteiger partial charge in [0.25, 0.3) is 0 Å². The number of hydrogen-bond donors (Lipinski definition) is 15. The summed E-state index contributed by atoms with van der Waals surface area (Å²) in [4.78, 5) is 101. The molecule has 24 nitrogen and oxygen atoms in total. The average molecular weight is 1020 g/mol. The van der Waals surface area contributed by atoms with Crippen LogP contribution in [-0.2, 0) is 40.0 Å². The minimum atomic E-state index is -1.26. The average Bonchev–Trinajstić information content (AvgIpc) is 3.84. The number of carboxylic acids is 1. The quantitative estimate of drug-likeness (QED) is 0.0180. The fourth-order valence-electron chi connectivity index (χ4n) is 8.22. The lowest BCUT2D eigenvalue weighted by Crippen LogP contribution is -2.60. The molecule has 1 aromatic rings. The molecule has 1 saturated heterocycles. The number of nitrogens with one attached hydrogen (secondary N) is 8. The summed E-state index contributed by atoms with van der Waals surface area (Å²) in [5.74, 6) is -5.43. The number of rotatable bonds is 37. The van der Waals surface area contributed by atoms with Crippen LogP contribution in [0.5, 0.6) is 5.75 Å². The Kier molecular flexibility index (Phi) is 30.1. The Hall–Kier alpha value is -5.66. The predicted molar refractivity (Wildman–Crippen MR) is 276 cm³/mol. The Morgan fingerprint density at radius 3 is 2.03 bits per heavy atom. The molecule has 0 aliphatic carbocycles. The molecule has 2 unspecified atom stereocenters. The molecule has 2 rings (SSSR count). The summed E-state index contributed by atoms with van der Waals surface area (Å²) < 4.78 is 0. The predicted octanol–water partition coefficient (Wildman–Crippen LogP) is -2.99. The number of unbranched alkanes of at least 4 members (excludes halogenated alkanes) is 1. The molecular formula is C48H87N15O9. The molecule has 1 aliphatic heterocycles. The lowest BCUT2D eigenvalue weighted by atomic mass is 9.96. The topological polar surface area (TPSA) is 402 Å². The van der Waals surface area contributed by atoms with Gasteiger partial charge in [-0.1, -0.05) is 52.7 Å². The number of phenols is 1. The van der Waals surface area contributed by atoms with Crippen molar-refractivity contribution in [2.75, 3.05) is 72.0 Å². The number of guanidine groups is 1. The summed E-state index contributed by atoms with van der Waals surface area (Å²) in [6, 6.07) is 0.151. The van der Waals surface area contributed by atoms with Crippen molar-refractivity contribution in [3.63, 3.8) is 0 Å². The van der Waals surface area contributed by atoms with Gasteiger partial charge in [0.05, 0.1) is 18.5 Å². The second kappa shape index (κ2) is 34.7. The summed E-state index contributed by atoms with van der Waals surface area (Å²) >= 11 is 0. The number of carbonyl (C=O) groups is 7. The monoisotopic (exact) mass is 1020 g/mol. The van der Waals surface area contributed by atoms with Crippen LogP contribution in [0, 0.1) is 17.8 Å². The molecule has 0 saturated carbocycles. The summed E-state index contributed by atoms with van der Waals surface area (Å²) in [6.07, 6.45) is 3.83. The maximum absolute atomic E-state index is 14.6. The van der Waals surface area contributed by atoms with Crippen LogP contribution in [0.25, 0.3) is 0 Å². The van der Waals surface area contributed by atoms with Crippen molar-refractivity contribution in [2.45, 2.75) is 128 Å². The summed E-state index contributed by atoms with van der Waals surface area (Å²) in [6.45, 7) is 10.5. The first-order valence-electron chi connectivity index (χ1n) is 25.4. The number of aliphatic imine (C=N–C) groups is 1. The Balaban J connectivity index is 2.36. The largest absolute Gasteiger partial charge is 0.508 e. The van der Waals surface area contributed by atoms with Crippen LogP contribution in [0.2, 0.25) is 0 Å². The van der Waals surface area contributed by atoms with Gasteiger partial charge in [-0.05, 0) is 81.0 Å². The van der Waals surface area contributed by atoms with E-state index >= 15 is 0 Å². The third-order valence-corrected chi connectivity index (χ3v) is 12.4. The normalized spacial score (nSPS) is 16.0. The van der Waals surface area contributed by atoms with Crippen molar-refractivity contribution < 1.29 is 43.8 Å². The van der Waals surface area contributed by atoms with Gasteiger partial charge in [0, 0.05) is 71.4 Å². The van der Waals surface area contributed by atoms with E-state index in [2.05, 4.69) is 47.5 Å². The van der Waals surface area contributed by atoms with E-state index in [-0.39, 0.29) is 75.4 Å². The van der Waals surface area contributed by atoms with E-state index in [1.165, 1.54) is 17.0 Å². The zero-order valence-corrected chi connectivity index (χ0v) is 42.9. The Morgan fingerprint density at radius 1 is 0.778 bits per heavy atom. The highest BCUT2D eigenvalue weighted by atomic mass is 16.4. The van der Waals surface area contributed by atoms with Gasteiger partial charge in [-0.15, -0.1) is 0 Å². The molecule has 20 N–H and O–H groups in total. The summed E-state index contributed by atoms with van der Waals surface area (Å²) in [5.41, 5.74) is 28.8. The molecule has 0 bridgehead atoms. The Bertz CT molecular complexity index is 1840. The fourth-order valence-corrected chi connectivity index (χ4v) is 8.22. The van der Waals surface area contributed by atoms with Crippen molar-refractivity contribution in [1.82, 2.24) is 47.4 Å². The number of benzene rings is 1. The lowest BCUT2D eigenvalue weighted by Gasteiger charge is -2.31. The number of nitrogens with zero attached hydrogens (tertiary/aromatic N) is 2. The summed E-state index contributed by atoms with van der Waals surface area (Å²) in [7, 11) is 0. The van der Waals surface area contributed by atoms with E-state index in [0.717, 1.165) is 0 Å². The second-order valence-electron chi connectivity index (χ2n) is 18.9. The molecule has 6 amide bonds. The van der Waals surface area contributed by atoms with Gasteiger partial charge in [-0.2, -0.15) is 0 Å². The minimum Gasteiger partial charge on any atom is -0.508 e. The van der Waals surface area contributed by atoms with Crippen LogP contribution >= 0.6 is 0 Å². The molecule has 408 valence electrons. The molecule has 1 aromatic carbocycles. The smallest absolute Gasteiger partial charge is 0.326 e. The highest BCUT2D eigenvalue weighted by Gasteiger charge is 2.39. The zero-order chi connectivity index (χ0) is 53.6. The first-order chi connectivity index (χ1) is 34.3. The number of likely N-dealkylation sites (tertiary alicyclic amines) is 1. The van der Waals surface area contributed by atoms with Crippen LogP contribution in [0.15, 0.2) is 29.3 Å². The SMILES string of the molecule is CCC(C)[C@H](NC(=O)[C@H](Cc1ccc(O)cc1)NC(=O)[C@@H]1CCCN1C(=O)[C@H](CCCN=C(N)N)NCC(CCCCN)NC(=O)CNC(=O)C(CNCCN)CNCCN)C(=O)N[C@@H](CC(C)C)C(=O)O. The van der Waals surface area contributed by atoms with Gasteiger partial charge in [0.2, 0.25) is 35.4 Å². The lowest BCUT2D eigenvalue weighted by molar-refractivity contribution is -0.143. The maximum Gasteiger partial charge on any atom is 0.326 e. The third kappa shape index (κ3) is 23.7. The molecule has 1 fully saturated rings. The number of aliphatic carboxylic acids is 1. The number of nitrogens with two attached hydrogens (primary N) is 5. The molecule has 7 atom stereocenters. The number of carboxylic acid groups (broad SMARTS) is 1. The molecule has 0 spiro atoms. The van der Waals surface area contributed by atoms with Gasteiger partial charge in [-0.3, -0.25) is 33.8 Å². The van der Waals surface area contributed by atoms with Crippen LogP contribution in [0.4, 0.5) is 0 Å². The Labute approximate surface area is 424 Å². The third-order valence-electron chi connectivity index (χ3n) is 12.4. The van der Waals surface area contributed by atoms with Crippen molar-refractivity contribution in [1.29, 1.82) is 0 Å². The standard InChI is InChI=1S/C48H87N15O9/c1-5-31(4)41(45(69)61-38(47(71)72)24-30(2)3)62-43(67)37(25-32-13-15-35(64)16-14-32)60-44(68)39-12-9-23-63(39)46(70)36(11-8-20-56-48(52)53)57-28-34(10-6-7-17-49)59-40(65)29-58-42(66)33(26-54-21-18-50)27-55-22-19-51/h13-16,30-31,33-34,36-39,41,54-55,57,64H,5-12,17-29,49-51H2,1-4H3,(H,58,66)(H,59,65)(H,60,68)(H,61,69)(H,62,67)(H,71,72)(H4,52,53,56)/t31?,34?,36-,37-,38-,39-,41-/m0/s1. The molecule has 72 heavy (non-hydrogen) atoms. The van der Waals surface area contributed by atoms with E-state index < -0.39 is 83.6 Å². The fraction of sp³-hybridized carbons (Fsp3) is 0.708. The molecule has 0 aromatic heterocycles. The van der Waals surface area contributed by atoms with E-state index in [1.54, 1.807) is 19.1 Å². The van der Waals surface area contributed by atoms with Gasteiger partial charge >= 0.3 is 5.97 Å². The van der Waals surface area contributed by atoms with Gasteiger partial charge in [0.15, 0.2) is 5.96 Å². The van der Waals surface area contributed by atoms with Gasteiger partial charge in [0.1, 0.15) is 29.9 Å². The molecule has 24 heteroatoms. The second-order valence-corrected chi connectivity index (χ2v) is 18.9. The van der Waals surface area contributed by atoms with Gasteiger partial charge < -0.3 is 86.3 Å². The number of hydrogen-bond acceptors (Lipinski definition) is 15. The van der Waals surface area contributed by atoms with E-state index in [9.17, 15) is 43.8 Å². The minimum absolute atomic E-state index is 0.00906. The van der Waals surface area contributed by atoms with Crippen LogP contribution in [0.1, 0.15) is 91.0 Å². The first-order valence-corrected chi connectivity index (χ1v) is 25.4. The Morgan fingerprint density at radius 2 is 1.44 bits per heavy atom. The maximum atomic E-state index is 14.6. The van der Waals surface area contributed by atoms with Crippen LogP contribution in [-0.4, -0.2) is 171 Å². The zero-order valence-electron chi connectivity index (χ0n) is 42.9. The number of amides is 6. The number of aromatic hydroxyl groups is 1. The van der Waals surface area contributed by atoms with Gasteiger partial charge in [-0.25, -0.2) is 4.79 Å². The van der Waals surface area contributed by atoms with Crippen molar-refractivity contribution in [3.8, 4) is 5.75 Å². The van der Waals surface area contributed by atoms with E-state index in [1.807, 2.05) is 20.8 Å². The molecule has 1 aliphatic rings. The molecule has 1 heterocycles. The first kappa shape index (κ1) is 62.5. The van der Waals surface area contributed by atoms with E-state index in [4.69, 9.17) is 28.7 Å². The molecule has 0 radical (unpaired) electrons. The number of phenolic OH excluding ortho intramolecular Hbond substituents is 1. The van der Waals surface area contributed by atoms with Crippen molar-refractivity contribution in [3.05, 3.63) is 29.8 Å². The van der Waals surface area contributed by atoms with Crippen molar-refractivity contribution >= 4 is 47.4 Å². The van der Waals surface area contributed by atoms with Crippen LogP contribution in [0.3, 0.4) is 0 Å². The van der Waals surface area contributed by atoms with Crippen molar-refractivity contribution in [2.24, 2.45) is 51.4 Å². The summed E-state index contributed by atoms with van der Waals surface area (Å²) in [5, 5.41) is 43.3.